The van der Waals surface area contributed by atoms with E-state index in [1.165, 1.54) is 0 Å². The zero-order valence-electron chi connectivity index (χ0n) is 18.1. The van der Waals surface area contributed by atoms with E-state index in [2.05, 4.69) is 9.97 Å². The van der Waals surface area contributed by atoms with Crippen LogP contribution in [0.4, 0.5) is 0 Å². The van der Waals surface area contributed by atoms with E-state index in [4.69, 9.17) is 4.74 Å². The first kappa shape index (κ1) is 20.8. The Labute approximate surface area is 181 Å². The SMILES string of the molecule is COc1ccc([C@@H]2CN(C(=O)Cc3ccccc3C)C[C@H]2c2cc(=O)[nH]c(C)n2)cc1. The number of ether oxygens (including phenoxy) is 1. The Bertz CT molecular complexity index is 1140. The number of aromatic amines is 1. The van der Waals surface area contributed by atoms with Crippen LogP contribution < -0.4 is 10.3 Å². The average Bonchev–Trinajstić information content (AvgIpc) is 3.20. The molecular weight excluding hydrogens is 390 g/mol. The highest BCUT2D eigenvalue weighted by atomic mass is 16.5. The summed E-state index contributed by atoms with van der Waals surface area (Å²) in [6.45, 7) is 4.94. The first-order valence-electron chi connectivity index (χ1n) is 10.5. The molecule has 0 bridgehead atoms. The Balaban J connectivity index is 1.64. The normalized spacial score (nSPS) is 18.2. The highest BCUT2D eigenvalue weighted by Crippen LogP contribution is 2.39. The predicted molar refractivity (Wildman–Crippen MR) is 120 cm³/mol. The van der Waals surface area contributed by atoms with Crippen molar-refractivity contribution in [1.29, 1.82) is 0 Å². The third-order valence-corrected chi connectivity index (χ3v) is 6.08. The first-order chi connectivity index (χ1) is 14.9. The highest BCUT2D eigenvalue weighted by molar-refractivity contribution is 5.79. The van der Waals surface area contributed by atoms with Gasteiger partial charge in [-0.05, 0) is 42.7 Å². The lowest BCUT2D eigenvalue weighted by Gasteiger charge is -2.18. The van der Waals surface area contributed by atoms with Gasteiger partial charge in [0.25, 0.3) is 5.56 Å². The smallest absolute Gasteiger partial charge is 0.251 e. The number of hydrogen-bond donors (Lipinski definition) is 1. The molecule has 0 radical (unpaired) electrons. The van der Waals surface area contributed by atoms with Crippen molar-refractivity contribution in [3.8, 4) is 5.75 Å². The molecular formula is C25H27N3O3. The standard InChI is InChI=1S/C25H27N3O3/c1-16-6-4-5-7-19(16)12-25(30)28-14-21(18-8-10-20(31-3)11-9-18)22(15-28)23-13-24(29)27-17(2)26-23/h4-11,13,21-22H,12,14-15H2,1-3H3,(H,26,27,29)/t21-,22+/m0/s1. The minimum absolute atomic E-state index is 0.0461. The number of rotatable bonds is 5. The van der Waals surface area contributed by atoms with Crippen molar-refractivity contribution < 1.29 is 9.53 Å². The van der Waals surface area contributed by atoms with E-state index in [1.54, 1.807) is 20.1 Å². The van der Waals surface area contributed by atoms with Gasteiger partial charge < -0.3 is 14.6 Å². The van der Waals surface area contributed by atoms with Gasteiger partial charge in [0.2, 0.25) is 5.91 Å². The van der Waals surface area contributed by atoms with Crippen LogP contribution in [0.15, 0.2) is 59.4 Å². The van der Waals surface area contributed by atoms with Crippen LogP contribution >= 0.6 is 0 Å². The lowest BCUT2D eigenvalue weighted by molar-refractivity contribution is -0.129. The van der Waals surface area contributed by atoms with Crippen molar-refractivity contribution in [1.82, 2.24) is 14.9 Å². The molecule has 0 saturated carbocycles. The quantitative estimate of drug-likeness (QED) is 0.691. The van der Waals surface area contributed by atoms with Gasteiger partial charge in [0, 0.05) is 31.0 Å². The largest absolute Gasteiger partial charge is 0.497 e. The van der Waals surface area contributed by atoms with E-state index in [-0.39, 0.29) is 23.3 Å². The molecule has 2 atom stereocenters. The Kier molecular flexibility index (Phi) is 5.89. The molecule has 2 heterocycles. The van der Waals surface area contributed by atoms with E-state index in [0.717, 1.165) is 28.1 Å². The molecule has 1 fully saturated rings. The second kappa shape index (κ2) is 8.76. The number of aryl methyl sites for hydroxylation is 2. The molecule has 2 aromatic carbocycles. The number of carbonyl (C=O) groups excluding carboxylic acids is 1. The number of H-pyrrole nitrogens is 1. The zero-order chi connectivity index (χ0) is 22.0. The fraction of sp³-hybridized carbons (Fsp3) is 0.320. The second-order valence-electron chi connectivity index (χ2n) is 8.14. The molecule has 1 amide bonds. The molecule has 1 saturated heterocycles. The van der Waals surface area contributed by atoms with Crippen LogP contribution in [0.2, 0.25) is 0 Å². The number of likely N-dealkylation sites (tertiary alicyclic amines) is 1. The molecule has 0 unspecified atom stereocenters. The van der Waals surface area contributed by atoms with Crippen molar-refractivity contribution in [2.24, 2.45) is 0 Å². The van der Waals surface area contributed by atoms with E-state index in [9.17, 15) is 9.59 Å². The van der Waals surface area contributed by atoms with Gasteiger partial charge in [0.15, 0.2) is 0 Å². The number of amides is 1. The van der Waals surface area contributed by atoms with E-state index < -0.39 is 0 Å². The van der Waals surface area contributed by atoms with Crippen molar-refractivity contribution in [3.05, 3.63) is 93.2 Å². The average molecular weight is 418 g/mol. The van der Waals surface area contributed by atoms with Crippen LogP contribution in [0.1, 0.15) is 40.0 Å². The fourth-order valence-electron chi connectivity index (χ4n) is 4.37. The molecule has 31 heavy (non-hydrogen) atoms. The van der Waals surface area contributed by atoms with Gasteiger partial charge in [-0.1, -0.05) is 36.4 Å². The molecule has 160 valence electrons. The minimum Gasteiger partial charge on any atom is -0.497 e. The van der Waals surface area contributed by atoms with Gasteiger partial charge in [-0.25, -0.2) is 4.98 Å². The van der Waals surface area contributed by atoms with Crippen LogP contribution in [0, 0.1) is 13.8 Å². The summed E-state index contributed by atoms with van der Waals surface area (Å²) in [6, 6.07) is 17.5. The summed E-state index contributed by atoms with van der Waals surface area (Å²) < 4.78 is 5.29. The van der Waals surface area contributed by atoms with Crippen LogP contribution in [0.3, 0.4) is 0 Å². The maximum absolute atomic E-state index is 13.2. The number of nitrogens with one attached hydrogen (secondary N) is 1. The summed E-state index contributed by atoms with van der Waals surface area (Å²) in [5.41, 5.74) is 3.83. The van der Waals surface area contributed by atoms with Gasteiger partial charge in [-0.3, -0.25) is 9.59 Å². The molecule has 6 heteroatoms. The summed E-state index contributed by atoms with van der Waals surface area (Å²) in [6.07, 6.45) is 0.372. The number of methoxy groups -OCH3 is 1. The van der Waals surface area contributed by atoms with Gasteiger partial charge in [-0.15, -0.1) is 0 Å². The summed E-state index contributed by atoms with van der Waals surface area (Å²) in [7, 11) is 1.64. The molecule has 4 rings (SSSR count). The number of hydrogen-bond acceptors (Lipinski definition) is 4. The number of carbonyl (C=O) groups is 1. The maximum Gasteiger partial charge on any atom is 0.251 e. The van der Waals surface area contributed by atoms with Gasteiger partial charge in [-0.2, -0.15) is 0 Å². The molecule has 3 aromatic rings. The van der Waals surface area contributed by atoms with Gasteiger partial charge in [0.1, 0.15) is 11.6 Å². The Morgan fingerprint density at radius 2 is 1.81 bits per heavy atom. The van der Waals surface area contributed by atoms with Crippen LogP contribution in [0.25, 0.3) is 0 Å². The topological polar surface area (TPSA) is 75.3 Å². The molecule has 0 spiro atoms. The molecule has 1 aliphatic rings. The van der Waals surface area contributed by atoms with Crippen LogP contribution in [0.5, 0.6) is 5.75 Å². The summed E-state index contributed by atoms with van der Waals surface area (Å²) in [5, 5.41) is 0. The van der Waals surface area contributed by atoms with E-state index >= 15 is 0 Å². The van der Waals surface area contributed by atoms with Gasteiger partial charge in [0.05, 0.1) is 19.2 Å². The van der Waals surface area contributed by atoms with Crippen molar-refractivity contribution >= 4 is 5.91 Å². The Hall–Kier alpha value is -3.41. The van der Waals surface area contributed by atoms with E-state index in [1.807, 2.05) is 60.4 Å². The second-order valence-corrected chi connectivity index (χ2v) is 8.14. The summed E-state index contributed by atoms with van der Waals surface area (Å²) in [4.78, 5) is 34.5. The first-order valence-corrected chi connectivity index (χ1v) is 10.5. The molecule has 1 aromatic heterocycles. The van der Waals surface area contributed by atoms with E-state index in [0.29, 0.717) is 25.3 Å². The summed E-state index contributed by atoms with van der Waals surface area (Å²) in [5.74, 6) is 1.48. The molecule has 1 N–H and O–H groups in total. The third-order valence-electron chi connectivity index (χ3n) is 6.08. The van der Waals surface area contributed by atoms with Crippen LogP contribution in [-0.2, 0) is 11.2 Å². The predicted octanol–water partition coefficient (Wildman–Crippen LogP) is 3.35. The van der Waals surface area contributed by atoms with Crippen molar-refractivity contribution in [2.75, 3.05) is 20.2 Å². The molecule has 1 aliphatic heterocycles. The monoisotopic (exact) mass is 417 g/mol. The Morgan fingerprint density at radius 3 is 2.48 bits per heavy atom. The highest BCUT2D eigenvalue weighted by Gasteiger charge is 2.38. The van der Waals surface area contributed by atoms with Gasteiger partial charge >= 0.3 is 0 Å². The minimum atomic E-state index is -0.166. The Morgan fingerprint density at radius 1 is 1.10 bits per heavy atom. The third kappa shape index (κ3) is 4.53. The lowest BCUT2D eigenvalue weighted by Crippen LogP contribution is -2.30. The zero-order valence-corrected chi connectivity index (χ0v) is 18.1. The van der Waals surface area contributed by atoms with Crippen molar-refractivity contribution in [3.63, 3.8) is 0 Å². The summed E-state index contributed by atoms with van der Waals surface area (Å²) >= 11 is 0. The van der Waals surface area contributed by atoms with Crippen LogP contribution in [-0.4, -0.2) is 41.0 Å². The molecule has 6 nitrogen and oxygen atoms in total. The fourth-order valence-corrected chi connectivity index (χ4v) is 4.37. The lowest BCUT2D eigenvalue weighted by atomic mass is 9.86. The maximum atomic E-state index is 13.2. The molecule has 0 aliphatic carbocycles. The van der Waals surface area contributed by atoms with Crippen molar-refractivity contribution in [2.45, 2.75) is 32.1 Å². The number of benzene rings is 2. The number of aromatic nitrogens is 2. The number of nitrogens with zero attached hydrogens (tertiary/aromatic N) is 2.